The number of sulfone groups is 1. The van der Waals surface area contributed by atoms with Gasteiger partial charge in [-0.15, -0.1) is 0 Å². The second-order valence-corrected chi connectivity index (χ2v) is 13.3. The molecular weight excluding hydrogens is 660 g/mol. The summed E-state index contributed by atoms with van der Waals surface area (Å²) >= 11 is 14.3. The van der Waals surface area contributed by atoms with Crippen LogP contribution in [0.25, 0.3) is 0 Å². The number of hydrogen-bond acceptors (Lipinski definition) is 7. The van der Waals surface area contributed by atoms with E-state index in [0.717, 1.165) is 9.13 Å². The molecule has 1 saturated heterocycles. The van der Waals surface area contributed by atoms with Crippen LogP contribution in [0.2, 0.25) is 10.0 Å². The zero-order chi connectivity index (χ0) is 27.4. The van der Waals surface area contributed by atoms with E-state index in [2.05, 4.69) is 37.9 Å². The van der Waals surface area contributed by atoms with Crippen LogP contribution in [0.15, 0.2) is 53.6 Å². The van der Waals surface area contributed by atoms with Gasteiger partial charge in [0.2, 0.25) is 5.82 Å². The lowest BCUT2D eigenvalue weighted by atomic mass is 10.0. The molecule has 8 nitrogen and oxygen atoms in total. The van der Waals surface area contributed by atoms with E-state index in [4.69, 9.17) is 23.2 Å². The third-order valence-corrected chi connectivity index (χ3v) is 10.0. The van der Waals surface area contributed by atoms with Gasteiger partial charge >= 0.3 is 0 Å². The Labute approximate surface area is 245 Å². The van der Waals surface area contributed by atoms with E-state index in [1.54, 1.807) is 29.2 Å². The van der Waals surface area contributed by atoms with Crippen molar-refractivity contribution in [1.29, 1.82) is 5.26 Å². The summed E-state index contributed by atoms with van der Waals surface area (Å²) in [5.41, 5.74) is 1.20. The van der Waals surface area contributed by atoms with Gasteiger partial charge in [0.15, 0.2) is 9.84 Å². The molecule has 1 aliphatic rings. The number of nitrogens with one attached hydrogen (secondary N) is 1. The summed E-state index contributed by atoms with van der Waals surface area (Å²) in [6.45, 7) is 2.92. The van der Waals surface area contributed by atoms with Crippen LogP contribution in [-0.2, 0) is 9.84 Å². The summed E-state index contributed by atoms with van der Waals surface area (Å²) in [7, 11) is -3.75. The molecular formula is C26H24Cl2IN5O3S. The van der Waals surface area contributed by atoms with Gasteiger partial charge in [-0.05, 0) is 77.2 Å². The molecule has 0 radical (unpaired) electrons. The molecule has 1 amide bonds. The first-order chi connectivity index (χ1) is 18.1. The van der Waals surface area contributed by atoms with Gasteiger partial charge in [-0.3, -0.25) is 4.79 Å². The monoisotopic (exact) mass is 683 g/mol. The Kier molecular flexibility index (Phi) is 9.13. The first-order valence-corrected chi connectivity index (χ1v) is 15.2. The molecule has 12 heteroatoms. The second kappa shape index (κ2) is 12.2. The maximum atomic E-state index is 13.5. The molecule has 0 spiro atoms. The predicted octanol–water partition coefficient (Wildman–Crippen LogP) is 5.24. The Hall–Kier alpha value is -2.46. The Morgan fingerprint density at radius 1 is 1.26 bits per heavy atom. The number of halogens is 3. The Morgan fingerprint density at radius 3 is 2.68 bits per heavy atom. The largest absolute Gasteiger partial charge is 0.354 e. The maximum absolute atomic E-state index is 13.5. The number of nitrogens with zero attached hydrogens (tertiary/aromatic N) is 4. The van der Waals surface area contributed by atoms with Crippen LogP contribution in [-0.4, -0.2) is 49.2 Å². The second-order valence-electron chi connectivity index (χ2n) is 9.04. The fourth-order valence-corrected chi connectivity index (χ4v) is 7.45. The van der Waals surface area contributed by atoms with Crippen molar-refractivity contribution in [3.05, 3.63) is 79.2 Å². The van der Waals surface area contributed by atoms with Crippen LogP contribution in [0.4, 0.5) is 5.82 Å². The number of carbonyl (C=O) groups is 1. The molecule has 38 heavy (non-hydrogen) atoms. The van der Waals surface area contributed by atoms with Crippen LogP contribution in [0.3, 0.4) is 0 Å². The summed E-state index contributed by atoms with van der Waals surface area (Å²) in [6.07, 6.45) is 2.32. The lowest BCUT2D eigenvalue weighted by molar-refractivity contribution is 0.0951. The zero-order valence-electron chi connectivity index (χ0n) is 20.4. The van der Waals surface area contributed by atoms with E-state index < -0.39 is 21.0 Å². The van der Waals surface area contributed by atoms with Gasteiger partial charge in [0.05, 0.1) is 15.2 Å². The Balaban J connectivity index is 1.56. The maximum Gasteiger partial charge on any atom is 0.256 e. The standard InChI is InChI=1S/C26H24Cl2IN5O3S/c1-16(17-4-6-18(27)7-5-17)13-32-26(35)21-14-31-24(12-30)33-25(21)34-10-2-3-20(15-34)38(36,37)23-9-8-19(29)11-22(23)28/h4-9,11,14,16,20H,2-3,10,13,15H2,1H3,(H,32,35)/t16?,20-/m0/s1. The minimum absolute atomic E-state index is 0.0159. The molecule has 0 aliphatic carbocycles. The lowest BCUT2D eigenvalue weighted by Crippen LogP contribution is -2.44. The minimum Gasteiger partial charge on any atom is -0.354 e. The highest BCUT2D eigenvalue weighted by molar-refractivity contribution is 14.1. The predicted molar refractivity (Wildman–Crippen MR) is 156 cm³/mol. The van der Waals surface area contributed by atoms with E-state index in [-0.39, 0.29) is 39.6 Å². The molecule has 3 aromatic rings. The summed E-state index contributed by atoms with van der Waals surface area (Å²) in [4.78, 5) is 23.3. The van der Waals surface area contributed by atoms with Crippen LogP contribution < -0.4 is 10.2 Å². The smallest absolute Gasteiger partial charge is 0.256 e. The summed E-state index contributed by atoms with van der Waals surface area (Å²) < 4.78 is 27.8. The van der Waals surface area contributed by atoms with Crippen molar-refractivity contribution in [2.75, 3.05) is 24.5 Å². The van der Waals surface area contributed by atoms with Gasteiger partial charge in [-0.1, -0.05) is 42.3 Å². The van der Waals surface area contributed by atoms with E-state index in [1.807, 2.05) is 25.1 Å². The van der Waals surface area contributed by atoms with Gasteiger partial charge in [-0.25, -0.2) is 18.4 Å². The number of carbonyl (C=O) groups excluding carboxylic acids is 1. The number of amides is 1. The van der Waals surface area contributed by atoms with Crippen molar-refractivity contribution in [2.24, 2.45) is 0 Å². The molecule has 0 saturated carbocycles. The number of hydrogen-bond donors (Lipinski definition) is 1. The molecule has 2 heterocycles. The number of rotatable bonds is 7. The van der Waals surface area contributed by atoms with Crippen LogP contribution in [0.5, 0.6) is 0 Å². The normalized spacial score (nSPS) is 16.5. The molecule has 198 valence electrons. The van der Waals surface area contributed by atoms with Crippen LogP contribution in [0.1, 0.15) is 47.4 Å². The first-order valence-electron chi connectivity index (χ1n) is 11.8. The molecule has 4 rings (SSSR count). The topological polar surface area (TPSA) is 116 Å². The van der Waals surface area contributed by atoms with Gasteiger partial charge in [0.1, 0.15) is 17.5 Å². The number of piperidine rings is 1. The fourth-order valence-electron chi connectivity index (χ4n) is 4.35. The zero-order valence-corrected chi connectivity index (χ0v) is 24.9. The molecule has 1 unspecified atom stereocenters. The third-order valence-electron chi connectivity index (χ3n) is 6.44. The first kappa shape index (κ1) is 28.5. The van der Waals surface area contributed by atoms with Gasteiger partial charge in [0.25, 0.3) is 5.91 Å². The molecule has 1 aliphatic heterocycles. The minimum atomic E-state index is -3.75. The Bertz CT molecular complexity index is 1500. The van der Waals surface area contributed by atoms with Gasteiger partial charge in [0, 0.05) is 34.4 Å². The van der Waals surface area contributed by atoms with Gasteiger partial charge < -0.3 is 10.2 Å². The SMILES string of the molecule is CC(CNC(=O)c1cnc(C#N)nc1N1CCC[C@H](S(=O)(=O)c2ccc(I)cc2Cl)C1)c1ccc(Cl)cc1. The lowest BCUT2D eigenvalue weighted by Gasteiger charge is -2.34. The van der Waals surface area contributed by atoms with Crippen LogP contribution >= 0.6 is 45.8 Å². The average Bonchev–Trinajstić information content (AvgIpc) is 2.91. The van der Waals surface area contributed by atoms with E-state index in [0.29, 0.717) is 31.0 Å². The third kappa shape index (κ3) is 6.39. The number of nitriles is 1. The average molecular weight is 684 g/mol. The highest BCUT2D eigenvalue weighted by atomic mass is 127. The van der Waals surface area contributed by atoms with E-state index >= 15 is 0 Å². The van der Waals surface area contributed by atoms with Crippen molar-refractivity contribution in [3.63, 3.8) is 0 Å². The molecule has 2 aromatic carbocycles. The van der Waals surface area contributed by atoms with Crippen LogP contribution in [0, 0.1) is 14.9 Å². The highest BCUT2D eigenvalue weighted by Crippen LogP contribution is 2.32. The van der Waals surface area contributed by atoms with Crippen molar-refractivity contribution in [2.45, 2.75) is 35.8 Å². The van der Waals surface area contributed by atoms with Crippen molar-refractivity contribution >= 4 is 67.4 Å². The molecule has 2 atom stereocenters. The van der Waals surface area contributed by atoms with Crippen molar-refractivity contribution in [3.8, 4) is 6.07 Å². The molecule has 0 bridgehead atoms. The molecule has 1 fully saturated rings. The van der Waals surface area contributed by atoms with Gasteiger partial charge in [-0.2, -0.15) is 5.26 Å². The number of benzene rings is 2. The van der Waals surface area contributed by atoms with Crippen molar-refractivity contribution in [1.82, 2.24) is 15.3 Å². The van der Waals surface area contributed by atoms with E-state index in [1.165, 1.54) is 12.3 Å². The number of anilines is 1. The Morgan fingerprint density at radius 2 is 2.00 bits per heavy atom. The molecule has 1 aromatic heterocycles. The fraction of sp³-hybridized carbons (Fsp3) is 0.308. The van der Waals surface area contributed by atoms with E-state index in [9.17, 15) is 18.5 Å². The molecule has 1 N–H and O–H groups in total. The number of aromatic nitrogens is 2. The highest BCUT2D eigenvalue weighted by Gasteiger charge is 2.35. The summed E-state index contributed by atoms with van der Waals surface area (Å²) in [5, 5.41) is 12.3. The van der Waals surface area contributed by atoms with Crippen molar-refractivity contribution < 1.29 is 13.2 Å². The quantitative estimate of drug-likeness (QED) is 0.339. The summed E-state index contributed by atoms with van der Waals surface area (Å²) in [5.74, 6) is -0.253. The summed E-state index contributed by atoms with van der Waals surface area (Å²) in [6, 6.07) is 14.2.